The van der Waals surface area contributed by atoms with Gasteiger partial charge in [0.25, 0.3) is 0 Å². The van der Waals surface area contributed by atoms with Crippen LogP contribution in [0.15, 0.2) is 97.1 Å². The number of hydrogen-bond donors (Lipinski definition) is 0. The minimum Gasteiger partial charge on any atom is -0.495 e. The van der Waals surface area contributed by atoms with Crippen LogP contribution in [0.5, 0.6) is 23.0 Å². The summed E-state index contributed by atoms with van der Waals surface area (Å²) in [4.78, 5) is 0. The maximum absolute atomic E-state index is 6.38. The highest BCUT2D eigenvalue weighted by molar-refractivity contribution is 6.12. The van der Waals surface area contributed by atoms with Crippen LogP contribution in [0.3, 0.4) is 0 Å². The Morgan fingerprint density at radius 1 is 0.371 bits per heavy atom. The Morgan fingerprint density at radius 2 is 0.600 bits per heavy atom. The van der Waals surface area contributed by atoms with E-state index < -0.39 is 0 Å². The second kappa shape index (κ2) is 8.73. The van der Waals surface area contributed by atoms with Crippen molar-refractivity contribution in [2.24, 2.45) is 0 Å². The summed E-state index contributed by atoms with van der Waals surface area (Å²) in [6.45, 7) is 0.0562. The third-order valence-electron chi connectivity index (χ3n) is 6.48. The van der Waals surface area contributed by atoms with Crippen molar-refractivity contribution in [3.8, 4) is 23.0 Å². The quantitative estimate of drug-likeness (QED) is 0.188. The Bertz CT molecular complexity index is 1460. The summed E-state index contributed by atoms with van der Waals surface area (Å²) in [6, 6.07) is 32.5. The first kappa shape index (κ1) is 21.1. The van der Waals surface area contributed by atoms with Crippen LogP contribution in [-0.4, -0.2) is 21.0 Å². The van der Waals surface area contributed by atoms with Crippen molar-refractivity contribution in [2.75, 3.05) is 21.0 Å². The first-order chi connectivity index (χ1) is 17.3. The Morgan fingerprint density at radius 3 is 0.829 bits per heavy atom. The van der Waals surface area contributed by atoms with Crippen LogP contribution >= 0.6 is 0 Å². The van der Waals surface area contributed by atoms with E-state index >= 15 is 0 Å². The van der Waals surface area contributed by atoms with Gasteiger partial charge >= 0.3 is 0 Å². The predicted octanol–water partition coefficient (Wildman–Crippen LogP) is 7.73. The fraction of sp³-hybridized carbons (Fsp3) is 0.0968. The summed E-state index contributed by atoms with van der Waals surface area (Å²) >= 11 is 0. The molecule has 0 amide bonds. The average molecular weight is 461 g/mol. The van der Waals surface area contributed by atoms with E-state index in [9.17, 15) is 0 Å². The zero-order chi connectivity index (χ0) is 23.8. The van der Waals surface area contributed by atoms with E-state index in [1.165, 1.54) is 0 Å². The summed E-state index contributed by atoms with van der Waals surface area (Å²) in [5, 5.41) is 7.94. The van der Waals surface area contributed by atoms with Crippen LogP contribution in [0.4, 0.5) is 0 Å². The molecule has 6 rings (SSSR count). The lowest BCUT2D eigenvalue weighted by Gasteiger charge is -2.19. The van der Waals surface area contributed by atoms with Gasteiger partial charge in [0.2, 0.25) is 6.79 Å². The largest absolute Gasteiger partial charge is 0.495 e. The fourth-order valence-electron chi connectivity index (χ4n) is 4.99. The molecule has 0 radical (unpaired) electrons. The molecule has 0 atom stereocenters. The molecule has 6 aromatic carbocycles. The number of ether oxygens (including phenoxy) is 4. The van der Waals surface area contributed by atoms with Gasteiger partial charge in [0.1, 0.15) is 23.0 Å². The normalized spacial score (nSPS) is 11.3. The van der Waals surface area contributed by atoms with Crippen molar-refractivity contribution in [2.45, 2.75) is 0 Å². The van der Waals surface area contributed by atoms with Gasteiger partial charge in [-0.05, 0) is 0 Å². The molecule has 0 saturated carbocycles. The van der Waals surface area contributed by atoms with E-state index in [1.807, 2.05) is 48.5 Å². The van der Waals surface area contributed by atoms with E-state index in [2.05, 4.69) is 48.5 Å². The van der Waals surface area contributed by atoms with Crippen LogP contribution < -0.4 is 18.9 Å². The Kier molecular flexibility index (Phi) is 5.27. The van der Waals surface area contributed by atoms with Crippen molar-refractivity contribution in [3.05, 3.63) is 97.1 Å². The van der Waals surface area contributed by atoms with E-state index in [4.69, 9.17) is 18.9 Å². The molecule has 4 nitrogen and oxygen atoms in total. The first-order valence-electron chi connectivity index (χ1n) is 11.5. The molecule has 0 fully saturated rings. The van der Waals surface area contributed by atoms with Gasteiger partial charge in [-0.1, -0.05) is 97.1 Å². The summed E-state index contributed by atoms with van der Waals surface area (Å²) in [5.74, 6) is 3.24. The highest BCUT2D eigenvalue weighted by Crippen LogP contribution is 2.44. The first-order valence-corrected chi connectivity index (χ1v) is 11.5. The molecule has 0 spiro atoms. The topological polar surface area (TPSA) is 36.9 Å². The Labute approximate surface area is 203 Å². The minimum absolute atomic E-state index is 0.0562. The van der Waals surface area contributed by atoms with E-state index in [-0.39, 0.29) is 6.79 Å². The Balaban J connectivity index is 1.46. The number of hydrogen-bond acceptors (Lipinski definition) is 4. The van der Waals surface area contributed by atoms with Crippen molar-refractivity contribution < 1.29 is 18.9 Å². The van der Waals surface area contributed by atoms with Gasteiger partial charge in [0.05, 0.1) is 14.2 Å². The van der Waals surface area contributed by atoms with Gasteiger partial charge in [-0.25, -0.2) is 0 Å². The molecule has 0 unspecified atom stereocenters. The molecule has 0 saturated heterocycles. The van der Waals surface area contributed by atoms with Gasteiger partial charge in [-0.3, -0.25) is 0 Å². The highest BCUT2D eigenvalue weighted by atomic mass is 16.7. The lowest BCUT2D eigenvalue weighted by atomic mass is 10.0. The van der Waals surface area contributed by atoms with Crippen LogP contribution in [-0.2, 0) is 0 Å². The molecule has 0 aliphatic heterocycles. The third-order valence-corrected chi connectivity index (χ3v) is 6.48. The number of benzene rings is 6. The van der Waals surface area contributed by atoms with Crippen molar-refractivity contribution in [1.29, 1.82) is 0 Å². The summed E-state index contributed by atoms with van der Waals surface area (Å²) in [5.41, 5.74) is 0. The summed E-state index contributed by atoms with van der Waals surface area (Å²) < 4.78 is 24.3. The lowest BCUT2D eigenvalue weighted by Crippen LogP contribution is -2.07. The van der Waals surface area contributed by atoms with Crippen molar-refractivity contribution in [1.82, 2.24) is 0 Å². The molecule has 0 aromatic heterocycles. The molecule has 0 aliphatic rings. The zero-order valence-electron chi connectivity index (χ0n) is 19.6. The second-order valence-corrected chi connectivity index (χ2v) is 8.31. The lowest BCUT2D eigenvalue weighted by molar-refractivity contribution is 0.126. The van der Waals surface area contributed by atoms with E-state index in [1.54, 1.807) is 14.2 Å². The van der Waals surface area contributed by atoms with E-state index in [0.717, 1.165) is 66.1 Å². The highest BCUT2D eigenvalue weighted by Gasteiger charge is 2.17. The van der Waals surface area contributed by atoms with Gasteiger partial charge < -0.3 is 18.9 Å². The maximum atomic E-state index is 6.38. The summed E-state index contributed by atoms with van der Waals surface area (Å²) in [7, 11) is 3.41. The predicted molar refractivity (Wildman–Crippen MR) is 142 cm³/mol. The molecule has 0 N–H and O–H groups in total. The van der Waals surface area contributed by atoms with Gasteiger partial charge in [0.15, 0.2) is 0 Å². The molecular formula is C31H24O4. The smallest absolute Gasteiger partial charge is 0.231 e. The van der Waals surface area contributed by atoms with Gasteiger partial charge in [-0.2, -0.15) is 0 Å². The van der Waals surface area contributed by atoms with Crippen molar-refractivity contribution >= 4 is 43.1 Å². The standard InChI is InChI=1S/C31H24O4/c1-32-28-20-11-3-7-15-24(20)30(25-16-8-4-12-21(25)28)34-19-35-31-26-17-9-5-13-22(26)29(33-2)23-14-6-10-18-27(23)31/h3-18H,19H2,1-2H3. The third kappa shape index (κ3) is 3.38. The zero-order valence-corrected chi connectivity index (χ0v) is 19.6. The fourth-order valence-corrected chi connectivity index (χ4v) is 4.99. The number of rotatable bonds is 6. The van der Waals surface area contributed by atoms with Crippen LogP contribution in [0.25, 0.3) is 43.1 Å². The molecular weight excluding hydrogens is 436 g/mol. The van der Waals surface area contributed by atoms with Crippen molar-refractivity contribution in [3.63, 3.8) is 0 Å². The number of fused-ring (bicyclic) bond motifs is 4. The molecule has 172 valence electrons. The van der Waals surface area contributed by atoms with Crippen LogP contribution in [0, 0.1) is 0 Å². The molecule has 0 heterocycles. The number of methoxy groups -OCH3 is 2. The summed E-state index contributed by atoms with van der Waals surface area (Å²) in [6.07, 6.45) is 0. The molecule has 0 bridgehead atoms. The SMILES string of the molecule is COc1c2ccccc2c(OCOc2c3ccccc3c(OC)c3ccccc23)c2ccccc12. The molecule has 6 aromatic rings. The molecule has 0 aliphatic carbocycles. The monoisotopic (exact) mass is 460 g/mol. The minimum atomic E-state index is 0.0562. The van der Waals surface area contributed by atoms with Gasteiger partial charge in [-0.15, -0.1) is 0 Å². The van der Waals surface area contributed by atoms with Crippen LogP contribution in [0.1, 0.15) is 0 Å². The van der Waals surface area contributed by atoms with Gasteiger partial charge in [0, 0.05) is 43.1 Å². The van der Waals surface area contributed by atoms with Crippen LogP contribution in [0.2, 0.25) is 0 Å². The van der Waals surface area contributed by atoms with E-state index in [0.29, 0.717) is 0 Å². The molecule has 4 heteroatoms. The average Bonchev–Trinajstić information content (AvgIpc) is 2.92. The Hall–Kier alpha value is -4.44. The maximum Gasteiger partial charge on any atom is 0.231 e. The molecule has 35 heavy (non-hydrogen) atoms. The second-order valence-electron chi connectivity index (χ2n) is 8.31.